The Morgan fingerprint density at radius 1 is 1.31 bits per heavy atom. The lowest BCUT2D eigenvalue weighted by Crippen LogP contribution is -2.46. The number of fused-ring (bicyclic) bond motifs is 2. The van der Waals surface area contributed by atoms with Crippen LogP contribution in [-0.4, -0.2) is 24.4 Å². The number of nitrogens with one attached hydrogen (secondary N) is 2. The molecular weight excluding hydrogens is 200 g/mol. The zero-order chi connectivity index (χ0) is 10.5. The third-order valence-corrected chi connectivity index (χ3v) is 3.89. The smallest absolute Gasteiger partial charge is 0.0967 e. The number of ether oxygens (including phenoxy) is 1. The molecule has 0 bridgehead atoms. The number of aromatic nitrogens is 1. The molecule has 2 aromatic rings. The molecule has 82 valence electrons. The van der Waals surface area contributed by atoms with E-state index >= 15 is 0 Å². The van der Waals surface area contributed by atoms with Gasteiger partial charge in [0.15, 0.2) is 0 Å². The Hall–Kier alpha value is -1.32. The minimum Gasteiger partial charge on any atom is -0.366 e. The van der Waals surface area contributed by atoms with Crippen LogP contribution in [0.25, 0.3) is 10.9 Å². The molecule has 4 rings (SSSR count). The number of benzene rings is 1. The van der Waals surface area contributed by atoms with Gasteiger partial charge in [0.1, 0.15) is 0 Å². The number of aromatic amines is 1. The molecule has 1 aliphatic heterocycles. The van der Waals surface area contributed by atoms with Crippen LogP contribution in [-0.2, 0) is 11.2 Å². The van der Waals surface area contributed by atoms with Crippen LogP contribution in [0.5, 0.6) is 0 Å². The van der Waals surface area contributed by atoms with Crippen molar-refractivity contribution in [1.82, 2.24) is 10.3 Å². The van der Waals surface area contributed by atoms with Gasteiger partial charge in [0.2, 0.25) is 0 Å². The van der Waals surface area contributed by atoms with Gasteiger partial charge >= 0.3 is 0 Å². The number of H-pyrrole nitrogens is 1. The Morgan fingerprint density at radius 3 is 3.31 bits per heavy atom. The number of hydrogen-bond acceptors (Lipinski definition) is 2. The SMILES string of the molecule is c1cc2c3c(c[nH]c3c1)C[C@H]1NCOC[C@H]21. The highest BCUT2D eigenvalue weighted by Gasteiger charge is 2.33. The average molecular weight is 214 g/mol. The number of rotatable bonds is 0. The molecule has 2 N–H and O–H groups in total. The molecule has 2 aliphatic rings. The van der Waals surface area contributed by atoms with E-state index in [0.29, 0.717) is 18.7 Å². The molecule has 0 saturated carbocycles. The molecular formula is C13H14N2O. The van der Waals surface area contributed by atoms with Crippen molar-refractivity contribution in [2.45, 2.75) is 18.4 Å². The quantitative estimate of drug-likeness (QED) is 0.701. The Bertz CT molecular complexity index is 546. The third-order valence-electron chi connectivity index (χ3n) is 3.89. The van der Waals surface area contributed by atoms with Gasteiger partial charge in [0, 0.05) is 29.1 Å². The monoisotopic (exact) mass is 214 g/mol. The van der Waals surface area contributed by atoms with Gasteiger partial charge in [-0.05, 0) is 23.6 Å². The highest BCUT2D eigenvalue weighted by molar-refractivity contribution is 5.88. The van der Waals surface area contributed by atoms with E-state index in [-0.39, 0.29) is 0 Å². The topological polar surface area (TPSA) is 37.0 Å². The zero-order valence-corrected chi connectivity index (χ0v) is 8.99. The lowest BCUT2D eigenvalue weighted by atomic mass is 9.80. The molecule has 0 unspecified atom stereocenters. The highest BCUT2D eigenvalue weighted by atomic mass is 16.5. The van der Waals surface area contributed by atoms with E-state index in [1.165, 1.54) is 22.0 Å². The van der Waals surface area contributed by atoms with Crippen molar-refractivity contribution in [2.24, 2.45) is 0 Å². The summed E-state index contributed by atoms with van der Waals surface area (Å²) in [6, 6.07) is 7.07. The average Bonchev–Trinajstić information content (AvgIpc) is 2.75. The Morgan fingerprint density at radius 2 is 2.31 bits per heavy atom. The van der Waals surface area contributed by atoms with Crippen molar-refractivity contribution in [1.29, 1.82) is 0 Å². The first-order valence-electron chi connectivity index (χ1n) is 5.83. The molecule has 2 atom stereocenters. The van der Waals surface area contributed by atoms with Crippen LogP contribution < -0.4 is 5.32 Å². The van der Waals surface area contributed by atoms with E-state index in [9.17, 15) is 0 Å². The summed E-state index contributed by atoms with van der Waals surface area (Å²) in [5, 5.41) is 4.89. The van der Waals surface area contributed by atoms with Crippen LogP contribution in [0.15, 0.2) is 24.4 Å². The summed E-state index contributed by atoms with van der Waals surface area (Å²) in [5.74, 6) is 0.515. The molecule has 0 amide bonds. The van der Waals surface area contributed by atoms with E-state index in [4.69, 9.17) is 4.74 Å². The van der Waals surface area contributed by atoms with Gasteiger partial charge in [-0.1, -0.05) is 12.1 Å². The second-order valence-electron chi connectivity index (χ2n) is 4.72. The van der Waals surface area contributed by atoms with E-state index < -0.39 is 0 Å². The van der Waals surface area contributed by atoms with Crippen molar-refractivity contribution < 1.29 is 4.74 Å². The summed E-state index contributed by atoms with van der Waals surface area (Å²) < 4.78 is 5.54. The molecule has 1 aromatic heterocycles. The van der Waals surface area contributed by atoms with E-state index in [1.54, 1.807) is 0 Å². The molecule has 1 fully saturated rings. The molecule has 0 spiro atoms. The summed E-state index contributed by atoms with van der Waals surface area (Å²) in [7, 11) is 0. The van der Waals surface area contributed by atoms with Crippen molar-refractivity contribution in [2.75, 3.05) is 13.3 Å². The van der Waals surface area contributed by atoms with Gasteiger partial charge in [-0.25, -0.2) is 0 Å². The standard InChI is InChI=1S/C13H14N2O/c1-2-9-10-6-16-7-15-12(10)4-8-5-14-11(3-1)13(8)9/h1-3,5,10,12,14-15H,4,6-7H2/t10-,12-/m1/s1. The van der Waals surface area contributed by atoms with E-state index in [0.717, 1.165) is 13.0 Å². The van der Waals surface area contributed by atoms with Crippen LogP contribution in [0.3, 0.4) is 0 Å². The first kappa shape index (κ1) is 8.79. The van der Waals surface area contributed by atoms with Gasteiger partial charge in [-0.2, -0.15) is 0 Å². The second kappa shape index (κ2) is 3.09. The van der Waals surface area contributed by atoms with Crippen LogP contribution in [0.2, 0.25) is 0 Å². The maximum Gasteiger partial charge on any atom is 0.0967 e. The first-order valence-corrected chi connectivity index (χ1v) is 5.83. The zero-order valence-electron chi connectivity index (χ0n) is 8.99. The fourth-order valence-electron chi connectivity index (χ4n) is 3.12. The lowest BCUT2D eigenvalue weighted by molar-refractivity contribution is 0.0435. The van der Waals surface area contributed by atoms with Crippen molar-refractivity contribution in [3.63, 3.8) is 0 Å². The summed E-state index contributed by atoms with van der Waals surface area (Å²) in [4.78, 5) is 3.36. The first-order chi connectivity index (χ1) is 7.93. The van der Waals surface area contributed by atoms with Gasteiger partial charge in [-0.3, -0.25) is 5.32 Å². The fourth-order valence-corrected chi connectivity index (χ4v) is 3.12. The normalized spacial score (nSPS) is 28.0. The van der Waals surface area contributed by atoms with Gasteiger partial charge < -0.3 is 9.72 Å². The van der Waals surface area contributed by atoms with E-state index in [1.807, 2.05) is 0 Å². The molecule has 1 saturated heterocycles. The Balaban J connectivity index is 1.98. The maximum atomic E-state index is 5.54. The molecule has 0 radical (unpaired) electrons. The molecule has 2 heterocycles. The second-order valence-corrected chi connectivity index (χ2v) is 4.72. The highest BCUT2D eigenvalue weighted by Crippen LogP contribution is 2.37. The minimum atomic E-state index is 0.515. The van der Waals surface area contributed by atoms with Crippen LogP contribution in [0, 0.1) is 0 Å². The molecule has 1 aromatic carbocycles. The lowest BCUT2D eigenvalue weighted by Gasteiger charge is -2.36. The maximum absolute atomic E-state index is 5.54. The fraction of sp³-hybridized carbons (Fsp3) is 0.385. The minimum absolute atomic E-state index is 0.515. The van der Waals surface area contributed by atoms with Crippen LogP contribution in [0.1, 0.15) is 17.0 Å². The predicted molar refractivity (Wildman–Crippen MR) is 62.5 cm³/mol. The molecule has 16 heavy (non-hydrogen) atoms. The third kappa shape index (κ3) is 1.05. The summed E-state index contributed by atoms with van der Waals surface area (Å²) in [6.45, 7) is 1.54. The van der Waals surface area contributed by atoms with Crippen molar-refractivity contribution in [3.05, 3.63) is 35.5 Å². The Kier molecular flexibility index (Phi) is 1.70. The van der Waals surface area contributed by atoms with Crippen molar-refractivity contribution >= 4 is 10.9 Å². The molecule has 1 aliphatic carbocycles. The van der Waals surface area contributed by atoms with Gasteiger partial charge in [-0.15, -0.1) is 0 Å². The van der Waals surface area contributed by atoms with Crippen LogP contribution >= 0.6 is 0 Å². The van der Waals surface area contributed by atoms with Gasteiger partial charge in [0.25, 0.3) is 0 Å². The largest absolute Gasteiger partial charge is 0.366 e. The molecule has 3 nitrogen and oxygen atoms in total. The summed E-state index contributed by atoms with van der Waals surface area (Å²) in [5.41, 5.74) is 4.15. The summed E-state index contributed by atoms with van der Waals surface area (Å²) >= 11 is 0. The van der Waals surface area contributed by atoms with Crippen LogP contribution in [0.4, 0.5) is 0 Å². The predicted octanol–water partition coefficient (Wildman–Crippen LogP) is 1.75. The number of hydrogen-bond donors (Lipinski definition) is 2. The Labute approximate surface area is 93.8 Å². The van der Waals surface area contributed by atoms with Gasteiger partial charge in [0.05, 0.1) is 13.3 Å². The summed E-state index contributed by atoms with van der Waals surface area (Å²) in [6.07, 6.45) is 3.27. The van der Waals surface area contributed by atoms with E-state index in [2.05, 4.69) is 34.7 Å². The van der Waals surface area contributed by atoms with Crippen molar-refractivity contribution in [3.8, 4) is 0 Å². The molecule has 3 heteroatoms.